The van der Waals surface area contributed by atoms with Crippen LogP contribution < -0.4 is 5.73 Å². The molecule has 1 aromatic rings. The summed E-state index contributed by atoms with van der Waals surface area (Å²) in [6.45, 7) is 0.0283. The first-order chi connectivity index (χ1) is 11.1. The number of ether oxygens (including phenoxy) is 1. The number of aliphatic carboxylic acids is 2. The number of carboxylic acids is 2. The van der Waals surface area contributed by atoms with E-state index in [1.165, 1.54) is 0 Å². The van der Waals surface area contributed by atoms with Gasteiger partial charge in [-0.2, -0.15) is 0 Å². The average Bonchev–Trinajstić information content (AvgIpc) is 2.83. The predicted molar refractivity (Wildman–Crippen MR) is 82.7 cm³/mol. The minimum absolute atomic E-state index is 0.0283. The fourth-order valence-electron chi connectivity index (χ4n) is 3.73. The van der Waals surface area contributed by atoms with Gasteiger partial charge in [0.2, 0.25) is 5.67 Å². The van der Waals surface area contributed by atoms with E-state index < -0.39 is 41.1 Å². The molecule has 0 radical (unpaired) electrons. The van der Waals surface area contributed by atoms with Crippen molar-refractivity contribution >= 4 is 35.1 Å². The molecule has 130 valence electrons. The van der Waals surface area contributed by atoms with Crippen LogP contribution in [-0.2, 0) is 20.9 Å². The van der Waals surface area contributed by atoms with Crippen molar-refractivity contribution < 1.29 is 28.9 Å². The molecule has 0 heterocycles. The van der Waals surface area contributed by atoms with E-state index in [0.717, 1.165) is 0 Å². The molecule has 24 heavy (non-hydrogen) atoms. The van der Waals surface area contributed by atoms with Crippen LogP contribution in [0.4, 0.5) is 4.39 Å². The summed E-state index contributed by atoms with van der Waals surface area (Å²) < 4.78 is 20.1. The fourth-order valence-corrected chi connectivity index (χ4v) is 4.05. The number of rotatable bonds is 5. The van der Waals surface area contributed by atoms with Crippen LogP contribution in [0.1, 0.15) is 12.0 Å². The van der Waals surface area contributed by atoms with Crippen LogP contribution in [-0.4, -0.2) is 39.5 Å². The van der Waals surface area contributed by atoms with Gasteiger partial charge < -0.3 is 20.7 Å². The molecule has 4 N–H and O–H groups in total. The van der Waals surface area contributed by atoms with E-state index in [9.17, 15) is 19.1 Å². The zero-order valence-electron chi connectivity index (χ0n) is 12.2. The Morgan fingerprint density at radius 3 is 2.54 bits per heavy atom. The second-order valence-electron chi connectivity index (χ2n) is 6.15. The van der Waals surface area contributed by atoms with Gasteiger partial charge in [0, 0.05) is 5.92 Å². The summed E-state index contributed by atoms with van der Waals surface area (Å²) in [4.78, 5) is 22.6. The topological polar surface area (TPSA) is 110 Å². The monoisotopic (exact) mass is 377 g/mol. The van der Waals surface area contributed by atoms with Crippen molar-refractivity contribution in [1.82, 2.24) is 0 Å². The van der Waals surface area contributed by atoms with Crippen molar-refractivity contribution in [3.8, 4) is 0 Å². The van der Waals surface area contributed by atoms with Crippen molar-refractivity contribution in [1.29, 1.82) is 0 Å². The van der Waals surface area contributed by atoms with Crippen LogP contribution >= 0.6 is 23.2 Å². The van der Waals surface area contributed by atoms with Gasteiger partial charge in [0.1, 0.15) is 5.92 Å². The van der Waals surface area contributed by atoms with Gasteiger partial charge in [0.25, 0.3) is 0 Å². The van der Waals surface area contributed by atoms with Crippen molar-refractivity contribution in [2.75, 3.05) is 0 Å². The Morgan fingerprint density at radius 1 is 1.33 bits per heavy atom. The number of carboxylic acid groups (broad SMARTS) is 2. The standard InChI is InChI=1S/C15H14Cl2FNO5/c16-7-2-1-6(3-8(7)17)5-24-9-4-10-14(18,13(22)23)15(10,19)11(9)12(20)21/h1-3,9-11H,4-5,19H2,(H,20,21)(H,22,23)/t9-,10+,11-,14+,15+/m1/s1. The highest BCUT2D eigenvalue weighted by Gasteiger charge is 2.89. The molecule has 2 aliphatic rings. The third-order valence-corrected chi connectivity index (χ3v) is 5.72. The van der Waals surface area contributed by atoms with E-state index in [0.29, 0.717) is 15.6 Å². The second-order valence-corrected chi connectivity index (χ2v) is 6.97. The number of carbonyl (C=O) groups is 2. The highest BCUT2D eigenvalue weighted by atomic mass is 35.5. The van der Waals surface area contributed by atoms with E-state index in [-0.39, 0.29) is 13.0 Å². The Balaban J connectivity index is 1.75. The maximum absolute atomic E-state index is 14.5. The van der Waals surface area contributed by atoms with Crippen LogP contribution in [0.5, 0.6) is 0 Å². The molecule has 6 nitrogen and oxygen atoms in total. The maximum atomic E-state index is 14.5. The third-order valence-electron chi connectivity index (χ3n) is 4.98. The largest absolute Gasteiger partial charge is 0.481 e. The first-order valence-corrected chi connectivity index (χ1v) is 7.89. The average molecular weight is 378 g/mol. The number of halogens is 3. The number of fused-ring (bicyclic) bond motifs is 1. The van der Waals surface area contributed by atoms with Crippen molar-refractivity contribution in [2.45, 2.75) is 30.3 Å². The van der Waals surface area contributed by atoms with Crippen LogP contribution in [0.15, 0.2) is 18.2 Å². The van der Waals surface area contributed by atoms with E-state index in [1.54, 1.807) is 18.2 Å². The lowest BCUT2D eigenvalue weighted by molar-refractivity contribution is -0.154. The van der Waals surface area contributed by atoms with Crippen molar-refractivity contribution in [3.63, 3.8) is 0 Å². The van der Waals surface area contributed by atoms with Gasteiger partial charge in [-0.15, -0.1) is 0 Å². The van der Waals surface area contributed by atoms with E-state index >= 15 is 0 Å². The van der Waals surface area contributed by atoms with Gasteiger partial charge in [0.05, 0.1) is 28.3 Å². The summed E-state index contributed by atoms with van der Waals surface area (Å²) in [6.07, 6.45) is -0.951. The first-order valence-electron chi connectivity index (χ1n) is 7.13. The molecule has 9 heteroatoms. The molecule has 2 aliphatic carbocycles. The molecule has 0 saturated heterocycles. The summed E-state index contributed by atoms with van der Waals surface area (Å²) in [5.41, 5.74) is 1.81. The summed E-state index contributed by atoms with van der Waals surface area (Å²) in [5.74, 6) is -5.63. The molecular weight excluding hydrogens is 364 g/mol. The number of alkyl halides is 1. The van der Waals surface area contributed by atoms with E-state index in [2.05, 4.69) is 0 Å². The van der Waals surface area contributed by atoms with Gasteiger partial charge in [-0.05, 0) is 24.1 Å². The summed E-state index contributed by atoms with van der Waals surface area (Å²) in [7, 11) is 0. The zero-order chi connectivity index (χ0) is 17.9. The Morgan fingerprint density at radius 2 is 2.00 bits per heavy atom. The normalized spacial score (nSPS) is 37.1. The molecule has 1 aromatic carbocycles. The first kappa shape index (κ1) is 17.4. The highest BCUT2D eigenvalue weighted by molar-refractivity contribution is 6.42. The molecule has 0 amide bonds. The fraction of sp³-hybridized carbons (Fsp3) is 0.467. The van der Waals surface area contributed by atoms with Gasteiger partial charge in [-0.3, -0.25) is 4.79 Å². The molecule has 0 unspecified atom stereocenters. The maximum Gasteiger partial charge on any atom is 0.343 e. The smallest absolute Gasteiger partial charge is 0.343 e. The minimum atomic E-state index is -2.72. The van der Waals surface area contributed by atoms with Gasteiger partial charge >= 0.3 is 11.9 Å². The second kappa shape index (κ2) is 5.56. The molecule has 0 aliphatic heterocycles. The lowest BCUT2D eigenvalue weighted by Crippen LogP contribution is -2.50. The zero-order valence-corrected chi connectivity index (χ0v) is 13.7. The molecule has 3 rings (SSSR count). The quantitative estimate of drug-likeness (QED) is 0.724. The lowest BCUT2D eigenvalue weighted by atomic mass is 9.91. The van der Waals surface area contributed by atoms with Crippen LogP contribution in [0.2, 0.25) is 10.0 Å². The molecule has 2 saturated carbocycles. The van der Waals surface area contributed by atoms with Gasteiger partial charge in [-0.1, -0.05) is 29.3 Å². The van der Waals surface area contributed by atoms with Crippen molar-refractivity contribution in [3.05, 3.63) is 33.8 Å². The van der Waals surface area contributed by atoms with E-state index in [4.69, 9.17) is 38.8 Å². The van der Waals surface area contributed by atoms with Crippen LogP contribution in [0.3, 0.4) is 0 Å². The van der Waals surface area contributed by atoms with Crippen LogP contribution in [0.25, 0.3) is 0 Å². The van der Waals surface area contributed by atoms with Gasteiger partial charge in [-0.25, -0.2) is 9.18 Å². The number of nitrogens with two attached hydrogens (primary N) is 1. The molecule has 0 bridgehead atoms. The summed E-state index contributed by atoms with van der Waals surface area (Å²) in [5, 5.41) is 19.1. The number of hydrogen-bond acceptors (Lipinski definition) is 4. The third kappa shape index (κ3) is 2.23. The molecule has 5 atom stereocenters. The molecule has 0 aromatic heterocycles. The number of hydrogen-bond donors (Lipinski definition) is 3. The molecule has 2 fully saturated rings. The lowest BCUT2D eigenvalue weighted by Gasteiger charge is -2.26. The Bertz CT molecular complexity index is 732. The Hall–Kier alpha value is -1.41. The van der Waals surface area contributed by atoms with Gasteiger partial charge in [0.15, 0.2) is 0 Å². The SMILES string of the molecule is N[C@@]12[C@@H](C[C@@H](OCc3ccc(Cl)c(Cl)c3)[C@@H]1C(=O)O)[C@]2(F)C(=O)O. The summed E-state index contributed by atoms with van der Waals surface area (Å²) >= 11 is 11.7. The number of benzene rings is 1. The van der Waals surface area contributed by atoms with Crippen LogP contribution in [0, 0.1) is 11.8 Å². The molecule has 0 spiro atoms. The minimum Gasteiger partial charge on any atom is -0.481 e. The highest BCUT2D eigenvalue weighted by Crippen LogP contribution is 2.67. The Labute approximate surface area is 146 Å². The predicted octanol–water partition coefficient (Wildman–Crippen LogP) is 2.10. The summed E-state index contributed by atoms with van der Waals surface area (Å²) in [6, 6.07) is 4.81. The van der Waals surface area contributed by atoms with Crippen molar-refractivity contribution in [2.24, 2.45) is 17.6 Å². The Kier molecular flexibility index (Phi) is 4.03. The van der Waals surface area contributed by atoms with E-state index in [1.807, 2.05) is 0 Å². The molecular formula is C15H14Cl2FNO5.